The first-order chi connectivity index (χ1) is 6.81. The van der Waals surface area contributed by atoms with E-state index in [1.807, 2.05) is 0 Å². The molecule has 2 rings (SSSR count). The van der Waals surface area contributed by atoms with Crippen LogP contribution in [0.5, 0.6) is 0 Å². The first-order valence-electron chi connectivity index (χ1n) is 5.65. The molecule has 1 heteroatoms. The van der Waals surface area contributed by atoms with E-state index in [1.165, 1.54) is 42.7 Å². The zero-order valence-corrected chi connectivity index (χ0v) is 9.21. The van der Waals surface area contributed by atoms with Gasteiger partial charge in [-0.2, -0.15) is 0 Å². The molecule has 1 aliphatic heterocycles. The highest BCUT2D eigenvalue weighted by Gasteiger charge is 2.14. The quantitative estimate of drug-likeness (QED) is 0.690. The Hall–Kier alpha value is -0.980. The molecule has 0 unspecified atom stereocenters. The molecule has 0 saturated carbocycles. The molecule has 0 aromatic heterocycles. The second-order valence-electron chi connectivity index (χ2n) is 4.18. The first-order valence-corrected chi connectivity index (χ1v) is 5.65. The summed E-state index contributed by atoms with van der Waals surface area (Å²) in [6, 6.07) is 6.85. The van der Waals surface area contributed by atoms with E-state index in [2.05, 4.69) is 36.9 Å². The van der Waals surface area contributed by atoms with Crippen molar-refractivity contribution < 1.29 is 0 Å². The molecule has 0 N–H and O–H groups in total. The lowest BCUT2D eigenvalue weighted by atomic mass is 10.1. The lowest BCUT2D eigenvalue weighted by Gasteiger charge is -2.21. The first kappa shape index (κ1) is 9.57. The lowest BCUT2D eigenvalue weighted by molar-refractivity contribution is 0.947. The van der Waals surface area contributed by atoms with Gasteiger partial charge in [-0.1, -0.05) is 24.6 Å². The van der Waals surface area contributed by atoms with Crippen molar-refractivity contribution in [2.24, 2.45) is 0 Å². The summed E-state index contributed by atoms with van der Waals surface area (Å²) in [5.74, 6) is 0. The predicted molar refractivity (Wildman–Crippen MR) is 62.0 cm³/mol. The molecular weight excluding hydrogens is 170 g/mol. The second-order valence-corrected chi connectivity index (χ2v) is 4.18. The Bertz CT molecular complexity index is 311. The third kappa shape index (κ3) is 1.77. The van der Waals surface area contributed by atoms with Crippen LogP contribution in [0.15, 0.2) is 18.2 Å². The van der Waals surface area contributed by atoms with Crippen molar-refractivity contribution in [3.63, 3.8) is 0 Å². The lowest BCUT2D eigenvalue weighted by Crippen LogP contribution is -2.19. The van der Waals surface area contributed by atoms with Crippen molar-refractivity contribution >= 4 is 5.69 Å². The number of anilines is 1. The molecule has 1 heterocycles. The van der Waals surface area contributed by atoms with Gasteiger partial charge in [-0.05, 0) is 37.8 Å². The largest absolute Gasteiger partial charge is 0.371 e. The fourth-order valence-electron chi connectivity index (χ4n) is 2.26. The summed E-state index contributed by atoms with van der Waals surface area (Å²) >= 11 is 0. The fourth-order valence-corrected chi connectivity index (χ4v) is 2.26. The van der Waals surface area contributed by atoms with Gasteiger partial charge in [0.2, 0.25) is 0 Å². The van der Waals surface area contributed by atoms with E-state index >= 15 is 0 Å². The third-order valence-electron chi connectivity index (χ3n) is 3.06. The Labute approximate surface area is 86.7 Å². The van der Waals surface area contributed by atoms with Crippen LogP contribution < -0.4 is 4.90 Å². The van der Waals surface area contributed by atoms with Crippen LogP contribution in [0.25, 0.3) is 0 Å². The Morgan fingerprint density at radius 2 is 1.93 bits per heavy atom. The molecule has 0 bridgehead atoms. The van der Waals surface area contributed by atoms with E-state index < -0.39 is 0 Å². The van der Waals surface area contributed by atoms with Crippen molar-refractivity contribution in [2.75, 3.05) is 18.0 Å². The highest BCUT2D eigenvalue weighted by atomic mass is 15.1. The maximum atomic E-state index is 2.53. The average Bonchev–Trinajstić information content (AvgIpc) is 2.70. The van der Waals surface area contributed by atoms with Crippen molar-refractivity contribution in [2.45, 2.75) is 33.1 Å². The SMILES string of the molecule is CCc1cc(C)ccc1N1CCCC1. The minimum Gasteiger partial charge on any atom is -0.371 e. The Balaban J connectivity index is 2.31. The predicted octanol–water partition coefficient (Wildman–Crippen LogP) is 3.16. The summed E-state index contributed by atoms with van der Waals surface area (Å²) in [7, 11) is 0. The van der Waals surface area contributed by atoms with E-state index in [1.54, 1.807) is 0 Å². The molecule has 1 saturated heterocycles. The highest BCUT2D eigenvalue weighted by Crippen LogP contribution is 2.25. The monoisotopic (exact) mass is 189 g/mol. The minimum absolute atomic E-state index is 1.15. The molecule has 1 fully saturated rings. The smallest absolute Gasteiger partial charge is 0.0398 e. The van der Waals surface area contributed by atoms with Gasteiger partial charge in [0, 0.05) is 18.8 Å². The van der Waals surface area contributed by atoms with Gasteiger partial charge in [0.05, 0.1) is 0 Å². The van der Waals surface area contributed by atoms with Gasteiger partial charge >= 0.3 is 0 Å². The van der Waals surface area contributed by atoms with E-state index in [0.29, 0.717) is 0 Å². The zero-order chi connectivity index (χ0) is 9.97. The molecule has 1 aromatic rings. The molecule has 1 nitrogen and oxygen atoms in total. The van der Waals surface area contributed by atoms with E-state index in [0.717, 1.165) is 6.42 Å². The van der Waals surface area contributed by atoms with Crippen LogP contribution in [-0.4, -0.2) is 13.1 Å². The molecule has 76 valence electrons. The van der Waals surface area contributed by atoms with Gasteiger partial charge in [-0.3, -0.25) is 0 Å². The zero-order valence-electron chi connectivity index (χ0n) is 9.21. The number of nitrogens with zero attached hydrogens (tertiary/aromatic N) is 1. The summed E-state index contributed by atoms with van der Waals surface area (Å²) < 4.78 is 0. The fraction of sp³-hybridized carbons (Fsp3) is 0.538. The maximum Gasteiger partial charge on any atom is 0.0398 e. The summed E-state index contributed by atoms with van der Waals surface area (Å²) in [6.07, 6.45) is 3.86. The number of hydrogen-bond donors (Lipinski definition) is 0. The summed E-state index contributed by atoms with van der Waals surface area (Å²) in [5.41, 5.74) is 4.35. The van der Waals surface area contributed by atoms with E-state index in [9.17, 15) is 0 Å². The topological polar surface area (TPSA) is 3.24 Å². The van der Waals surface area contributed by atoms with Gasteiger partial charge in [0.1, 0.15) is 0 Å². The molecule has 0 atom stereocenters. The molecule has 1 aromatic carbocycles. The van der Waals surface area contributed by atoms with E-state index in [4.69, 9.17) is 0 Å². The van der Waals surface area contributed by atoms with Gasteiger partial charge < -0.3 is 4.90 Å². The van der Waals surface area contributed by atoms with Crippen LogP contribution in [0.1, 0.15) is 30.9 Å². The normalized spacial score (nSPS) is 16.3. The second kappa shape index (κ2) is 4.04. The van der Waals surface area contributed by atoms with Crippen LogP contribution >= 0.6 is 0 Å². The van der Waals surface area contributed by atoms with Crippen LogP contribution in [0.2, 0.25) is 0 Å². The molecule has 0 radical (unpaired) electrons. The number of hydrogen-bond acceptors (Lipinski definition) is 1. The van der Waals surface area contributed by atoms with Crippen molar-refractivity contribution in [3.8, 4) is 0 Å². The average molecular weight is 189 g/mol. The maximum absolute atomic E-state index is 2.53. The molecule has 0 aliphatic carbocycles. The molecular formula is C13H19N. The summed E-state index contributed by atoms with van der Waals surface area (Å²) in [6.45, 7) is 6.91. The van der Waals surface area contributed by atoms with Crippen LogP contribution in [0.4, 0.5) is 5.69 Å². The highest BCUT2D eigenvalue weighted by molar-refractivity contribution is 5.55. The Morgan fingerprint density at radius 1 is 1.21 bits per heavy atom. The van der Waals surface area contributed by atoms with Gasteiger partial charge in [0.15, 0.2) is 0 Å². The Kier molecular flexibility index (Phi) is 2.76. The summed E-state index contributed by atoms with van der Waals surface area (Å²) in [5, 5.41) is 0. The van der Waals surface area contributed by atoms with Crippen molar-refractivity contribution in [3.05, 3.63) is 29.3 Å². The number of benzene rings is 1. The molecule has 0 amide bonds. The standard InChI is InChI=1S/C13H19N/c1-3-12-10-11(2)6-7-13(12)14-8-4-5-9-14/h6-7,10H,3-5,8-9H2,1-2H3. The molecule has 0 spiro atoms. The van der Waals surface area contributed by atoms with Crippen molar-refractivity contribution in [1.29, 1.82) is 0 Å². The Morgan fingerprint density at radius 3 is 2.57 bits per heavy atom. The van der Waals surface area contributed by atoms with Gasteiger partial charge in [-0.25, -0.2) is 0 Å². The molecule has 1 aliphatic rings. The number of rotatable bonds is 2. The molecule has 14 heavy (non-hydrogen) atoms. The van der Waals surface area contributed by atoms with E-state index in [-0.39, 0.29) is 0 Å². The van der Waals surface area contributed by atoms with Gasteiger partial charge in [-0.15, -0.1) is 0 Å². The third-order valence-corrected chi connectivity index (χ3v) is 3.06. The van der Waals surface area contributed by atoms with Crippen LogP contribution in [-0.2, 0) is 6.42 Å². The van der Waals surface area contributed by atoms with Crippen LogP contribution in [0.3, 0.4) is 0 Å². The van der Waals surface area contributed by atoms with Crippen molar-refractivity contribution in [1.82, 2.24) is 0 Å². The van der Waals surface area contributed by atoms with Gasteiger partial charge in [0.25, 0.3) is 0 Å². The number of aryl methyl sites for hydroxylation is 2. The summed E-state index contributed by atoms with van der Waals surface area (Å²) in [4.78, 5) is 2.53. The minimum atomic E-state index is 1.15. The van der Waals surface area contributed by atoms with Crippen LogP contribution in [0, 0.1) is 6.92 Å².